The molecule has 6 heteroatoms. The molecule has 0 spiro atoms. The number of ether oxygens (including phenoxy) is 1. The van der Waals surface area contributed by atoms with Gasteiger partial charge in [-0.2, -0.15) is 5.10 Å². The van der Waals surface area contributed by atoms with Crippen LogP contribution in [0.5, 0.6) is 5.75 Å². The second kappa shape index (κ2) is 5.78. The Balaban J connectivity index is 2.02. The Labute approximate surface area is 122 Å². The van der Waals surface area contributed by atoms with Crippen molar-refractivity contribution in [1.82, 2.24) is 19.7 Å². The van der Waals surface area contributed by atoms with Crippen LogP contribution in [-0.4, -0.2) is 32.9 Å². The summed E-state index contributed by atoms with van der Waals surface area (Å²) in [5, 5.41) is 8.54. The summed E-state index contributed by atoms with van der Waals surface area (Å²) in [6.45, 7) is 5.46. The minimum absolute atomic E-state index is 0.656. The van der Waals surface area contributed by atoms with E-state index in [4.69, 9.17) is 4.74 Å². The van der Waals surface area contributed by atoms with E-state index in [1.807, 2.05) is 38.1 Å². The molecule has 0 fully saturated rings. The lowest BCUT2D eigenvalue weighted by molar-refractivity contribution is 0.340. The molecule has 1 aromatic carbocycles. The first-order valence-electron chi connectivity index (χ1n) is 6.99. The summed E-state index contributed by atoms with van der Waals surface area (Å²) in [5.41, 5.74) is 1.72. The van der Waals surface area contributed by atoms with Crippen molar-refractivity contribution in [2.45, 2.75) is 13.8 Å². The molecule has 0 saturated carbocycles. The van der Waals surface area contributed by atoms with Crippen LogP contribution >= 0.6 is 0 Å². The zero-order valence-electron chi connectivity index (χ0n) is 12.1. The number of aromatic nitrogens is 4. The van der Waals surface area contributed by atoms with Crippen molar-refractivity contribution in [3.05, 3.63) is 36.8 Å². The Hall–Kier alpha value is -2.63. The van der Waals surface area contributed by atoms with Crippen LogP contribution in [0.25, 0.3) is 16.7 Å². The summed E-state index contributed by atoms with van der Waals surface area (Å²) in [7, 11) is 0. The minimum atomic E-state index is 0.656. The van der Waals surface area contributed by atoms with Crippen molar-refractivity contribution >= 4 is 16.9 Å². The van der Waals surface area contributed by atoms with Crippen LogP contribution in [0.15, 0.2) is 36.8 Å². The molecule has 6 nitrogen and oxygen atoms in total. The molecule has 0 radical (unpaired) electrons. The highest BCUT2D eigenvalue weighted by Crippen LogP contribution is 2.22. The van der Waals surface area contributed by atoms with Crippen molar-refractivity contribution in [1.29, 1.82) is 0 Å². The van der Waals surface area contributed by atoms with Gasteiger partial charge in [0.1, 0.15) is 17.9 Å². The number of hydrogen-bond donors (Lipinski definition) is 1. The lowest BCUT2D eigenvalue weighted by atomic mass is 10.3. The third-order valence-corrected chi connectivity index (χ3v) is 3.10. The fraction of sp³-hybridized carbons (Fsp3) is 0.267. The van der Waals surface area contributed by atoms with Gasteiger partial charge in [-0.05, 0) is 38.1 Å². The van der Waals surface area contributed by atoms with Gasteiger partial charge in [0.2, 0.25) is 0 Å². The first-order valence-corrected chi connectivity index (χ1v) is 6.99. The summed E-state index contributed by atoms with van der Waals surface area (Å²) in [6, 6.07) is 7.79. The maximum Gasteiger partial charge on any atom is 0.168 e. The van der Waals surface area contributed by atoms with E-state index in [1.165, 1.54) is 0 Å². The summed E-state index contributed by atoms with van der Waals surface area (Å²) in [6.07, 6.45) is 3.33. The van der Waals surface area contributed by atoms with E-state index < -0.39 is 0 Å². The Kier molecular flexibility index (Phi) is 3.68. The SMILES string of the molecule is CCNc1ncnc2c1cnn2-c1ccc(OCC)cc1. The first-order chi connectivity index (χ1) is 10.3. The van der Waals surface area contributed by atoms with Crippen molar-refractivity contribution in [3.8, 4) is 11.4 Å². The fourth-order valence-electron chi connectivity index (χ4n) is 2.19. The highest BCUT2D eigenvalue weighted by atomic mass is 16.5. The van der Waals surface area contributed by atoms with Crippen LogP contribution in [0, 0.1) is 0 Å². The number of anilines is 1. The molecule has 0 aliphatic heterocycles. The zero-order chi connectivity index (χ0) is 14.7. The fourth-order valence-corrected chi connectivity index (χ4v) is 2.19. The largest absolute Gasteiger partial charge is 0.494 e. The molecule has 0 bridgehead atoms. The van der Waals surface area contributed by atoms with Gasteiger partial charge >= 0.3 is 0 Å². The zero-order valence-corrected chi connectivity index (χ0v) is 12.1. The van der Waals surface area contributed by atoms with Crippen molar-refractivity contribution < 1.29 is 4.74 Å². The van der Waals surface area contributed by atoms with Crippen LogP contribution in [0.4, 0.5) is 5.82 Å². The number of rotatable bonds is 5. The van der Waals surface area contributed by atoms with Crippen molar-refractivity contribution in [3.63, 3.8) is 0 Å². The molecule has 0 unspecified atom stereocenters. The quantitative estimate of drug-likeness (QED) is 0.780. The average Bonchev–Trinajstić information content (AvgIpc) is 2.94. The van der Waals surface area contributed by atoms with Crippen molar-refractivity contribution in [2.24, 2.45) is 0 Å². The molecule has 108 valence electrons. The van der Waals surface area contributed by atoms with Gasteiger partial charge in [-0.15, -0.1) is 0 Å². The predicted molar refractivity (Wildman–Crippen MR) is 82.0 cm³/mol. The molecule has 2 aromatic heterocycles. The molecule has 21 heavy (non-hydrogen) atoms. The summed E-state index contributed by atoms with van der Waals surface area (Å²) >= 11 is 0. The number of nitrogens with zero attached hydrogens (tertiary/aromatic N) is 4. The molecular formula is C15H17N5O. The molecular weight excluding hydrogens is 266 g/mol. The monoisotopic (exact) mass is 283 g/mol. The van der Waals surface area contributed by atoms with E-state index in [2.05, 4.69) is 20.4 Å². The number of fused-ring (bicyclic) bond motifs is 1. The van der Waals surface area contributed by atoms with Gasteiger partial charge in [0.25, 0.3) is 0 Å². The lowest BCUT2D eigenvalue weighted by Gasteiger charge is -2.06. The van der Waals surface area contributed by atoms with Crippen LogP contribution in [0.3, 0.4) is 0 Å². The first kappa shape index (κ1) is 13.4. The topological polar surface area (TPSA) is 64.9 Å². The Morgan fingerprint density at radius 1 is 1.14 bits per heavy atom. The van der Waals surface area contributed by atoms with Gasteiger partial charge in [-0.3, -0.25) is 0 Å². The molecule has 0 atom stereocenters. The van der Waals surface area contributed by atoms with E-state index in [0.29, 0.717) is 6.61 Å². The molecule has 0 aliphatic carbocycles. The molecule has 1 N–H and O–H groups in total. The highest BCUT2D eigenvalue weighted by Gasteiger charge is 2.10. The van der Waals surface area contributed by atoms with Gasteiger partial charge < -0.3 is 10.1 Å². The summed E-state index contributed by atoms with van der Waals surface area (Å²) < 4.78 is 7.25. The van der Waals surface area contributed by atoms with Crippen LogP contribution in [-0.2, 0) is 0 Å². The molecule has 0 aliphatic rings. The van der Waals surface area contributed by atoms with Gasteiger partial charge in [-0.25, -0.2) is 14.6 Å². The van der Waals surface area contributed by atoms with E-state index >= 15 is 0 Å². The van der Waals surface area contributed by atoms with E-state index in [1.54, 1.807) is 17.2 Å². The van der Waals surface area contributed by atoms with E-state index in [-0.39, 0.29) is 0 Å². The van der Waals surface area contributed by atoms with Crippen molar-refractivity contribution in [2.75, 3.05) is 18.5 Å². The molecule has 0 amide bonds. The highest BCUT2D eigenvalue weighted by molar-refractivity contribution is 5.87. The molecule has 0 saturated heterocycles. The number of hydrogen-bond acceptors (Lipinski definition) is 5. The second-order valence-corrected chi connectivity index (χ2v) is 4.47. The summed E-state index contributed by atoms with van der Waals surface area (Å²) in [4.78, 5) is 8.58. The third-order valence-electron chi connectivity index (χ3n) is 3.10. The molecule has 2 heterocycles. The third kappa shape index (κ3) is 2.52. The second-order valence-electron chi connectivity index (χ2n) is 4.47. The van der Waals surface area contributed by atoms with Gasteiger partial charge in [-0.1, -0.05) is 0 Å². The normalized spacial score (nSPS) is 10.8. The summed E-state index contributed by atoms with van der Waals surface area (Å²) in [5.74, 6) is 1.65. The number of nitrogens with one attached hydrogen (secondary N) is 1. The standard InChI is InChI=1S/C15H17N5O/c1-3-16-14-13-9-19-20(15(13)18-10-17-14)11-5-7-12(8-6-11)21-4-2/h5-10H,3-4H2,1-2H3,(H,16,17,18). The molecule has 3 aromatic rings. The minimum Gasteiger partial charge on any atom is -0.494 e. The Morgan fingerprint density at radius 2 is 1.95 bits per heavy atom. The lowest BCUT2D eigenvalue weighted by Crippen LogP contribution is -2.02. The van der Waals surface area contributed by atoms with E-state index in [9.17, 15) is 0 Å². The van der Waals surface area contributed by atoms with Crippen LogP contribution in [0.2, 0.25) is 0 Å². The smallest absolute Gasteiger partial charge is 0.168 e. The van der Waals surface area contributed by atoms with Gasteiger partial charge in [0.05, 0.1) is 23.9 Å². The van der Waals surface area contributed by atoms with Crippen LogP contribution < -0.4 is 10.1 Å². The Morgan fingerprint density at radius 3 is 2.67 bits per heavy atom. The maximum absolute atomic E-state index is 5.45. The maximum atomic E-state index is 5.45. The Bertz CT molecular complexity index is 735. The molecule has 3 rings (SSSR count). The average molecular weight is 283 g/mol. The van der Waals surface area contributed by atoms with E-state index in [0.717, 1.165) is 34.8 Å². The van der Waals surface area contributed by atoms with Gasteiger partial charge in [0.15, 0.2) is 5.65 Å². The van der Waals surface area contributed by atoms with Gasteiger partial charge in [0, 0.05) is 6.54 Å². The number of benzene rings is 1. The predicted octanol–water partition coefficient (Wildman–Crippen LogP) is 2.65. The van der Waals surface area contributed by atoms with Crippen LogP contribution in [0.1, 0.15) is 13.8 Å².